The van der Waals surface area contributed by atoms with Crippen LogP contribution in [0.5, 0.6) is 0 Å². The third kappa shape index (κ3) is 2.00. The lowest BCUT2D eigenvalue weighted by Crippen LogP contribution is -2.43. The van der Waals surface area contributed by atoms with E-state index in [1.807, 2.05) is 0 Å². The molecule has 76 valence electrons. The Hall–Kier alpha value is -1.62. The summed E-state index contributed by atoms with van der Waals surface area (Å²) in [6.07, 6.45) is 0. The number of nitrogens with zero attached hydrogens (tertiary/aromatic N) is 2. The standard InChI is InChI=1S/C9H13FN4/c1-12-9(13-11)14(2)8-6-4-3-5-7(8)10/h3-6H,11H2,1-2H3,(H,12,13). The number of benzene rings is 1. The first-order valence-corrected chi connectivity index (χ1v) is 4.12. The number of hydrogen-bond acceptors (Lipinski definition) is 2. The summed E-state index contributed by atoms with van der Waals surface area (Å²) >= 11 is 0. The number of aliphatic imine (C=N–C) groups is 1. The van der Waals surface area contributed by atoms with Crippen LogP contribution in [0, 0.1) is 5.82 Å². The summed E-state index contributed by atoms with van der Waals surface area (Å²) in [4.78, 5) is 5.40. The zero-order valence-corrected chi connectivity index (χ0v) is 8.16. The molecule has 0 atom stereocenters. The molecule has 0 bridgehead atoms. The number of nitrogens with one attached hydrogen (secondary N) is 1. The van der Waals surface area contributed by atoms with Crippen LogP contribution in [-0.4, -0.2) is 20.1 Å². The van der Waals surface area contributed by atoms with E-state index in [0.717, 1.165) is 0 Å². The fourth-order valence-corrected chi connectivity index (χ4v) is 1.15. The van der Waals surface area contributed by atoms with Crippen molar-refractivity contribution < 1.29 is 4.39 Å². The van der Waals surface area contributed by atoms with E-state index in [1.54, 1.807) is 32.3 Å². The molecule has 0 aliphatic rings. The fraction of sp³-hybridized carbons (Fsp3) is 0.222. The van der Waals surface area contributed by atoms with E-state index in [1.165, 1.54) is 11.0 Å². The van der Waals surface area contributed by atoms with Gasteiger partial charge in [0.1, 0.15) is 5.82 Å². The van der Waals surface area contributed by atoms with Crippen LogP contribution < -0.4 is 16.2 Å². The van der Waals surface area contributed by atoms with Gasteiger partial charge < -0.3 is 4.90 Å². The Kier molecular flexibility index (Phi) is 3.41. The van der Waals surface area contributed by atoms with Crippen molar-refractivity contribution in [3.05, 3.63) is 30.1 Å². The second-order valence-electron chi connectivity index (χ2n) is 2.70. The molecule has 1 aromatic rings. The van der Waals surface area contributed by atoms with Gasteiger partial charge in [-0.25, -0.2) is 10.2 Å². The maximum atomic E-state index is 13.3. The number of para-hydroxylation sites is 1. The monoisotopic (exact) mass is 196 g/mol. The van der Waals surface area contributed by atoms with Crippen LogP contribution in [0.3, 0.4) is 0 Å². The molecule has 0 saturated carbocycles. The Bertz CT molecular complexity index is 337. The van der Waals surface area contributed by atoms with Crippen LogP contribution in [0.4, 0.5) is 10.1 Å². The number of rotatable bonds is 1. The lowest BCUT2D eigenvalue weighted by atomic mass is 10.3. The molecular weight excluding hydrogens is 183 g/mol. The van der Waals surface area contributed by atoms with Crippen molar-refractivity contribution in [2.45, 2.75) is 0 Å². The summed E-state index contributed by atoms with van der Waals surface area (Å²) in [7, 11) is 3.26. The number of guanidine groups is 1. The van der Waals surface area contributed by atoms with Crippen LogP contribution in [0.1, 0.15) is 0 Å². The van der Waals surface area contributed by atoms with Gasteiger partial charge in [0.2, 0.25) is 5.96 Å². The highest BCUT2D eigenvalue weighted by atomic mass is 19.1. The van der Waals surface area contributed by atoms with Crippen molar-refractivity contribution in [2.24, 2.45) is 10.8 Å². The van der Waals surface area contributed by atoms with Crippen molar-refractivity contribution >= 4 is 11.6 Å². The highest BCUT2D eigenvalue weighted by molar-refractivity contribution is 5.95. The average Bonchev–Trinajstić information content (AvgIpc) is 2.20. The molecule has 0 saturated heterocycles. The summed E-state index contributed by atoms with van der Waals surface area (Å²) in [5, 5.41) is 0. The van der Waals surface area contributed by atoms with Gasteiger partial charge in [-0.2, -0.15) is 0 Å². The molecule has 0 radical (unpaired) electrons. The van der Waals surface area contributed by atoms with E-state index in [4.69, 9.17) is 5.84 Å². The highest BCUT2D eigenvalue weighted by Gasteiger charge is 2.10. The van der Waals surface area contributed by atoms with Crippen LogP contribution in [0.2, 0.25) is 0 Å². The number of nitrogens with two attached hydrogens (primary N) is 1. The minimum absolute atomic E-state index is 0.314. The summed E-state index contributed by atoms with van der Waals surface area (Å²) in [6, 6.07) is 6.41. The summed E-state index contributed by atoms with van der Waals surface area (Å²) < 4.78 is 13.3. The molecule has 1 aromatic carbocycles. The Labute approximate surface area is 82.2 Å². The van der Waals surface area contributed by atoms with Crippen LogP contribution in [-0.2, 0) is 0 Å². The molecular formula is C9H13FN4. The van der Waals surface area contributed by atoms with E-state index in [-0.39, 0.29) is 5.82 Å². The average molecular weight is 196 g/mol. The molecule has 5 heteroatoms. The molecule has 0 aromatic heterocycles. The van der Waals surface area contributed by atoms with Gasteiger partial charge in [-0.15, -0.1) is 0 Å². The van der Waals surface area contributed by atoms with Gasteiger partial charge >= 0.3 is 0 Å². The van der Waals surface area contributed by atoms with Gasteiger partial charge in [0.15, 0.2) is 0 Å². The molecule has 4 nitrogen and oxygen atoms in total. The summed E-state index contributed by atoms with van der Waals surface area (Å²) in [6.45, 7) is 0. The van der Waals surface area contributed by atoms with Gasteiger partial charge in [-0.1, -0.05) is 12.1 Å². The first kappa shape index (κ1) is 10.5. The maximum Gasteiger partial charge on any atom is 0.212 e. The molecule has 0 fully saturated rings. The molecule has 14 heavy (non-hydrogen) atoms. The maximum absolute atomic E-state index is 13.3. The van der Waals surface area contributed by atoms with E-state index >= 15 is 0 Å². The number of hydrogen-bond donors (Lipinski definition) is 2. The van der Waals surface area contributed by atoms with Crippen LogP contribution >= 0.6 is 0 Å². The van der Waals surface area contributed by atoms with Crippen molar-refractivity contribution in [1.82, 2.24) is 5.43 Å². The number of halogens is 1. The molecule has 0 unspecified atom stereocenters. The van der Waals surface area contributed by atoms with Gasteiger partial charge in [-0.3, -0.25) is 10.4 Å². The largest absolute Gasteiger partial charge is 0.312 e. The minimum Gasteiger partial charge on any atom is -0.312 e. The van der Waals surface area contributed by atoms with Crippen molar-refractivity contribution in [2.75, 3.05) is 19.0 Å². The Morgan fingerprint density at radius 3 is 2.64 bits per heavy atom. The van der Waals surface area contributed by atoms with E-state index in [9.17, 15) is 4.39 Å². The van der Waals surface area contributed by atoms with Crippen LogP contribution in [0.25, 0.3) is 0 Å². The molecule has 0 aliphatic carbocycles. The zero-order valence-electron chi connectivity index (χ0n) is 8.16. The van der Waals surface area contributed by atoms with Gasteiger partial charge in [0, 0.05) is 14.1 Å². The van der Waals surface area contributed by atoms with E-state index in [2.05, 4.69) is 10.4 Å². The van der Waals surface area contributed by atoms with Crippen molar-refractivity contribution in [1.29, 1.82) is 0 Å². The normalized spacial score (nSPS) is 11.3. The molecule has 3 N–H and O–H groups in total. The molecule has 0 amide bonds. The Morgan fingerprint density at radius 1 is 1.50 bits per heavy atom. The number of hydrazine groups is 1. The highest BCUT2D eigenvalue weighted by Crippen LogP contribution is 2.16. The summed E-state index contributed by atoms with van der Waals surface area (Å²) in [5.74, 6) is 5.31. The lowest BCUT2D eigenvalue weighted by Gasteiger charge is -2.20. The fourth-order valence-electron chi connectivity index (χ4n) is 1.15. The molecule has 0 spiro atoms. The second-order valence-corrected chi connectivity index (χ2v) is 2.70. The summed E-state index contributed by atoms with van der Waals surface area (Å²) in [5.41, 5.74) is 2.81. The predicted octanol–water partition coefficient (Wildman–Crippen LogP) is 0.711. The quantitative estimate of drug-likeness (QED) is 0.301. The third-order valence-electron chi connectivity index (χ3n) is 1.87. The molecule has 1 rings (SSSR count). The first-order chi connectivity index (χ1) is 6.70. The third-order valence-corrected chi connectivity index (χ3v) is 1.87. The number of anilines is 1. The smallest absolute Gasteiger partial charge is 0.212 e. The predicted molar refractivity (Wildman–Crippen MR) is 55.5 cm³/mol. The van der Waals surface area contributed by atoms with E-state index < -0.39 is 0 Å². The van der Waals surface area contributed by atoms with Crippen LogP contribution in [0.15, 0.2) is 29.3 Å². The molecule has 0 heterocycles. The van der Waals surface area contributed by atoms with Gasteiger partial charge in [0.25, 0.3) is 0 Å². The topological polar surface area (TPSA) is 53.6 Å². The van der Waals surface area contributed by atoms with Crippen molar-refractivity contribution in [3.63, 3.8) is 0 Å². The Morgan fingerprint density at radius 2 is 2.14 bits per heavy atom. The molecule has 0 aliphatic heterocycles. The van der Waals surface area contributed by atoms with Gasteiger partial charge in [0.05, 0.1) is 5.69 Å². The first-order valence-electron chi connectivity index (χ1n) is 4.12. The van der Waals surface area contributed by atoms with E-state index in [0.29, 0.717) is 11.6 Å². The zero-order chi connectivity index (χ0) is 10.6. The SMILES string of the molecule is CN=C(NN)N(C)c1ccccc1F. The van der Waals surface area contributed by atoms with Gasteiger partial charge in [-0.05, 0) is 12.1 Å². The lowest BCUT2D eigenvalue weighted by molar-refractivity contribution is 0.627. The Balaban J connectivity index is 3.00. The van der Waals surface area contributed by atoms with Crippen molar-refractivity contribution in [3.8, 4) is 0 Å². The minimum atomic E-state index is -0.314. The second kappa shape index (κ2) is 4.57.